The lowest BCUT2D eigenvalue weighted by Crippen LogP contribution is -2.36. The van der Waals surface area contributed by atoms with Gasteiger partial charge in [-0.3, -0.25) is 4.79 Å². The van der Waals surface area contributed by atoms with E-state index in [1.165, 1.54) is 20.1 Å². The predicted octanol–water partition coefficient (Wildman–Crippen LogP) is 4.07. The topological polar surface area (TPSA) is 82.4 Å². The quantitative estimate of drug-likeness (QED) is 0.469. The number of methoxy groups -OCH3 is 1. The van der Waals surface area contributed by atoms with Gasteiger partial charge in [-0.15, -0.1) is 5.10 Å². The van der Waals surface area contributed by atoms with E-state index in [0.717, 1.165) is 11.1 Å². The standard InChI is InChI=1S/C24H22FN5O3/c1-4-29-13-26-23-18(12-27-28-24(23)29)15-5-6-19(25)16(9-15)17-10-22-20(11-21(17)32-3)30(14(2)31)7-8-33-22/h5-6,9-13H,4,7-8H2,1-3H3. The molecule has 0 bridgehead atoms. The number of hydrogen-bond acceptors (Lipinski definition) is 6. The van der Waals surface area contributed by atoms with Gasteiger partial charge >= 0.3 is 0 Å². The summed E-state index contributed by atoms with van der Waals surface area (Å²) in [5.41, 5.74) is 4.35. The molecule has 2 aromatic heterocycles. The molecule has 0 fully saturated rings. The molecule has 4 aromatic rings. The lowest BCUT2D eigenvalue weighted by molar-refractivity contribution is -0.116. The minimum absolute atomic E-state index is 0.0942. The molecule has 1 amide bonds. The second-order valence-electron chi connectivity index (χ2n) is 7.70. The zero-order valence-electron chi connectivity index (χ0n) is 18.5. The Morgan fingerprint density at radius 1 is 1.21 bits per heavy atom. The molecule has 0 radical (unpaired) electrons. The maximum absolute atomic E-state index is 15.1. The molecule has 0 spiro atoms. The third-order valence-corrected chi connectivity index (χ3v) is 5.84. The number of benzene rings is 2. The summed E-state index contributed by atoms with van der Waals surface area (Å²) in [7, 11) is 1.52. The fraction of sp³-hybridized carbons (Fsp3) is 0.250. The maximum atomic E-state index is 15.1. The number of aromatic nitrogens is 4. The van der Waals surface area contributed by atoms with Crippen molar-refractivity contribution in [1.29, 1.82) is 0 Å². The highest BCUT2D eigenvalue weighted by molar-refractivity contribution is 5.96. The number of rotatable bonds is 4. The molecular formula is C24H22FN5O3. The zero-order valence-corrected chi connectivity index (χ0v) is 18.5. The van der Waals surface area contributed by atoms with Crippen molar-refractivity contribution >= 4 is 22.8 Å². The number of fused-ring (bicyclic) bond motifs is 2. The number of ether oxygens (including phenoxy) is 2. The van der Waals surface area contributed by atoms with Gasteiger partial charge in [0.25, 0.3) is 0 Å². The van der Waals surface area contributed by atoms with Gasteiger partial charge in [0.2, 0.25) is 5.91 Å². The molecule has 1 aliphatic heterocycles. The Kier molecular flexibility index (Phi) is 5.16. The lowest BCUT2D eigenvalue weighted by atomic mass is 9.97. The molecule has 0 unspecified atom stereocenters. The molecule has 168 valence electrons. The average Bonchev–Trinajstić information content (AvgIpc) is 3.26. The van der Waals surface area contributed by atoms with Gasteiger partial charge in [-0.05, 0) is 30.7 Å². The van der Waals surface area contributed by atoms with Crippen molar-refractivity contribution in [3.05, 3.63) is 48.7 Å². The molecule has 33 heavy (non-hydrogen) atoms. The smallest absolute Gasteiger partial charge is 0.224 e. The first-order valence-corrected chi connectivity index (χ1v) is 10.6. The molecule has 0 aliphatic carbocycles. The SMILES string of the molecule is CCn1cnc2c(-c3ccc(F)c(-c4cc5c(cc4OC)N(C(C)=O)CCO5)c3)cnnc21. The van der Waals surface area contributed by atoms with Crippen molar-refractivity contribution in [1.82, 2.24) is 19.7 Å². The number of halogens is 1. The highest BCUT2D eigenvalue weighted by Gasteiger charge is 2.25. The van der Waals surface area contributed by atoms with Crippen molar-refractivity contribution in [3.8, 4) is 33.8 Å². The molecule has 0 saturated heterocycles. The van der Waals surface area contributed by atoms with Crippen LogP contribution >= 0.6 is 0 Å². The van der Waals surface area contributed by atoms with E-state index in [9.17, 15) is 4.79 Å². The summed E-state index contributed by atoms with van der Waals surface area (Å²) in [5, 5.41) is 8.33. The number of amides is 1. The average molecular weight is 447 g/mol. The van der Waals surface area contributed by atoms with Crippen molar-refractivity contribution in [2.45, 2.75) is 20.4 Å². The number of nitrogens with zero attached hydrogens (tertiary/aromatic N) is 5. The van der Waals surface area contributed by atoms with Gasteiger partial charge in [0.1, 0.15) is 29.4 Å². The largest absolute Gasteiger partial charge is 0.496 e. The van der Waals surface area contributed by atoms with Gasteiger partial charge in [0.05, 0.1) is 31.9 Å². The van der Waals surface area contributed by atoms with E-state index >= 15 is 4.39 Å². The summed E-state index contributed by atoms with van der Waals surface area (Å²) in [6.07, 6.45) is 3.35. The van der Waals surface area contributed by atoms with Crippen molar-refractivity contribution < 1.29 is 18.7 Å². The fourth-order valence-electron chi connectivity index (χ4n) is 4.16. The van der Waals surface area contributed by atoms with Crippen molar-refractivity contribution in [3.63, 3.8) is 0 Å². The Bertz CT molecular complexity index is 1380. The molecule has 5 rings (SSSR count). The van der Waals surface area contributed by atoms with Crippen molar-refractivity contribution in [2.24, 2.45) is 0 Å². The molecular weight excluding hydrogens is 425 g/mol. The Morgan fingerprint density at radius 2 is 2.06 bits per heavy atom. The van der Waals surface area contributed by atoms with E-state index in [1.54, 1.807) is 41.7 Å². The van der Waals surface area contributed by atoms with E-state index in [4.69, 9.17) is 9.47 Å². The summed E-state index contributed by atoms with van der Waals surface area (Å²) in [4.78, 5) is 18.2. The number of hydrogen-bond donors (Lipinski definition) is 0. The summed E-state index contributed by atoms with van der Waals surface area (Å²) < 4.78 is 28.4. The molecule has 2 aromatic carbocycles. The van der Waals surface area contributed by atoms with Crippen LogP contribution in [0.3, 0.4) is 0 Å². The van der Waals surface area contributed by atoms with E-state index in [1.807, 2.05) is 11.5 Å². The van der Waals surface area contributed by atoms with Crippen LogP contribution in [0.2, 0.25) is 0 Å². The van der Waals surface area contributed by atoms with Crippen LogP contribution in [0.25, 0.3) is 33.4 Å². The summed E-state index contributed by atoms with van der Waals surface area (Å²) in [6.45, 7) is 5.03. The number of carbonyl (C=O) groups is 1. The Balaban J connectivity index is 1.67. The predicted molar refractivity (Wildman–Crippen MR) is 122 cm³/mol. The van der Waals surface area contributed by atoms with Gasteiger partial charge in [-0.1, -0.05) is 6.07 Å². The number of aryl methyl sites for hydroxylation is 1. The normalized spacial score (nSPS) is 13.0. The van der Waals surface area contributed by atoms with E-state index < -0.39 is 5.82 Å². The third-order valence-electron chi connectivity index (χ3n) is 5.84. The number of anilines is 1. The molecule has 0 saturated carbocycles. The molecule has 0 N–H and O–H groups in total. The second-order valence-corrected chi connectivity index (χ2v) is 7.70. The van der Waals surface area contributed by atoms with Crippen LogP contribution in [0.5, 0.6) is 11.5 Å². The molecule has 0 atom stereocenters. The Labute approximate surface area is 189 Å². The van der Waals surface area contributed by atoms with Crippen LogP contribution in [0.15, 0.2) is 42.9 Å². The van der Waals surface area contributed by atoms with Crippen LogP contribution in [-0.4, -0.2) is 45.9 Å². The summed E-state index contributed by atoms with van der Waals surface area (Å²) >= 11 is 0. The minimum Gasteiger partial charge on any atom is -0.496 e. The number of carbonyl (C=O) groups excluding carboxylic acids is 1. The first-order chi connectivity index (χ1) is 16.0. The van der Waals surface area contributed by atoms with Gasteiger partial charge in [0, 0.05) is 36.2 Å². The molecule has 9 heteroatoms. The minimum atomic E-state index is -0.409. The summed E-state index contributed by atoms with van der Waals surface area (Å²) in [6, 6.07) is 8.28. The highest BCUT2D eigenvalue weighted by Crippen LogP contribution is 2.43. The van der Waals surface area contributed by atoms with Crippen LogP contribution in [-0.2, 0) is 11.3 Å². The lowest BCUT2D eigenvalue weighted by Gasteiger charge is -2.29. The monoisotopic (exact) mass is 447 g/mol. The highest BCUT2D eigenvalue weighted by atomic mass is 19.1. The van der Waals surface area contributed by atoms with E-state index in [2.05, 4.69) is 15.2 Å². The Hall–Kier alpha value is -4.01. The fourth-order valence-corrected chi connectivity index (χ4v) is 4.16. The van der Waals surface area contributed by atoms with Crippen LogP contribution < -0.4 is 14.4 Å². The maximum Gasteiger partial charge on any atom is 0.224 e. The molecule has 1 aliphatic rings. The first-order valence-electron chi connectivity index (χ1n) is 10.6. The zero-order chi connectivity index (χ0) is 23.1. The van der Waals surface area contributed by atoms with Crippen LogP contribution in [0.1, 0.15) is 13.8 Å². The first kappa shape index (κ1) is 20.9. The third kappa shape index (κ3) is 3.45. The molecule has 3 heterocycles. The second kappa shape index (κ2) is 8.16. The van der Waals surface area contributed by atoms with Gasteiger partial charge in [0.15, 0.2) is 5.65 Å². The van der Waals surface area contributed by atoms with E-state index in [-0.39, 0.29) is 5.91 Å². The van der Waals surface area contributed by atoms with Crippen LogP contribution in [0.4, 0.5) is 10.1 Å². The Morgan fingerprint density at radius 3 is 2.82 bits per heavy atom. The molecule has 8 nitrogen and oxygen atoms in total. The van der Waals surface area contributed by atoms with Gasteiger partial charge < -0.3 is 18.9 Å². The van der Waals surface area contributed by atoms with Crippen LogP contribution in [0, 0.1) is 5.82 Å². The number of imidazole rings is 1. The van der Waals surface area contributed by atoms with E-state index in [0.29, 0.717) is 59.2 Å². The van der Waals surface area contributed by atoms with Gasteiger partial charge in [-0.2, -0.15) is 5.10 Å². The summed E-state index contributed by atoms with van der Waals surface area (Å²) in [5.74, 6) is 0.443. The van der Waals surface area contributed by atoms with Crippen molar-refractivity contribution in [2.75, 3.05) is 25.2 Å². The van der Waals surface area contributed by atoms with Gasteiger partial charge in [-0.25, -0.2) is 9.37 Å².